The smallest absolute Gasteiger partial charge is 0.408 e. The van der Waals surface area contributed by atoms with Crippen molar-refractivity contribution in [3.63, 3.8) is 0 Å². The topological polar surface area (TPSA) is 58.0 Å². The Hall–Kier alpha value is -1.55. The van der Waals surface area contributed by atoms with Crippen molar-refractivity contribution < 1.29 is 4.42 Å². The lowest BCUT2D eigenvalue weighted by molar-refractivity contribution is 0.223. The SMILES string of the molecule is CCCNC(c1ccc2[nH]c(=O)oc2c1)C1(C)CCCC1. The number of hydrogen-bond donors (Lipinski definition) is 2. The van der Waals surface area contributed by atoms with Crippen molar-refractivity contribution in [2.45, 2.75) is 52.0 Å². The molecule has 1 heterocycles. The molecule has 1 fully saturated rings. The molecule has 0 amide bonds. The fourth-order valence-electron chi connectivity index (χ4n) is 3.67. The second-order valence-corrected chi connectivity index (χ2v) is 6.52. The summed E-state index contributed by atoms with van der Waals surface area (Å²) >= 11 is 0. The van der Waals surface area contributed by atoms with Gasteiger partial charge in [0.05, 0.1) is 5.52 Å². The van der Waals surface area contributed by atoms with Crippen LogP contribution in [-0.2, 0) is 0 Å². The summed E-state index contributed by atoms with van der Waals surface area (Å²) in [6, 6.07) is 6.41. The summed E-state index contributed by atoms with van der Waals surface area (Å²) < 4.78 is 5.22. The third-order valence-corrected chi connectivity index (χ3v) is 4.82. The standard InChI is InChI=1S/C17H24N2O2/c1-3-10-18-15(17(2)8-4-5-9-17)12-6-7-13-14(11-12)21-16(20)19-13/h6-7,11,15,18H,3-5,8-10H2,1-2H3,(H,19,20). The zero-order valence-corrected chi connectivity index (χ0v) is 12.9. The first-order valence-electron chi connectivity index (χ1n) is 7.98. The minimum absolute atomic E-state index is 0.291. The molecule has 0 aliphatic heterocycles. The third kappa shape index (κ3) is 2.77. The first-order chi connectivity index (χ1) is 10.1. The van der Waals surface area contributed by atoms with E-state index in [2.05, 4.69) is 30.2 Å². The van der Waals surface area contributed by atoms with Gasteiger partial charge < -0.3 is 9.73 Å². The van der Waals surface area contributed by atoms with Crippen LogP contribution in [0.25, 0.3) is 11.1 Å². The van der Waals surface area contributed by atoms with Crippen molar-refractivity contribution in [2.24, 2.45) is 5.41 Å². The molecular weight excluding hydrogens is 264 g/mol. The first-order valence-corrected chi connectivity index (χ1v) is 7.98. The van der Waals surface area contributed by atoms with E-state index in [1.807, 2.05) is 12.1 Å². The Kier molecular flexibility index (Phi) is 3.89. The van der Waals surface area contributed by atoms with Crippen LogP contribution in [0.15, 0.2) is 27.4 Å². The number of aromatic amines is 1. The number of aromatic nitrogens is 1. The number of H-pyrrole nitrogens is 1. The molecule has 21 heavy (non-hydrogen) atoms. The molecule has 0 radical (unpaired) electrons. The van der Waals surface area contributed by atoms with Crippen LogP contribution in [-0.4, -0.2) is 11.5 Å². The van der Waals surface area contributed by atoms with Gasteiger partial charge in [0, 0.05) is 6.04 Å². The van der Waals surface area contributed by atoms with E-state index in [1.165, 1.54) is 31.2 Å². The largest absolute Gasteiger partial charge is 0.417 e. The molecule has 1 aromatic heterocycles. The monoisotopic (exact) mass is 288 g/mol. The first kappa shape index (κ1) is 14.4. The normalized spacial score (nSPS) is 19.1. The van der Waals surface area contributed by atoms with E-state index in [-0.39, 0.29) is 5.76 Å². The predicted molar refractivity (Wildman–Crippen MR) is 84.4 cm³/mol. The average molecular weight is 288 g/mol. The Morgan fingerprint density at radius 2 is 2.14 bits per heavy atom. The van der Waals surface area contributed by atoms with Crippen LogP contribution in [0.5, 0.6) is 0 Å². The van der Waals surface area contributed by atoms with Crippen LogP contribution in [0.2, 0.25) is 0 Å². The predicted octanol–water partition coefficient (Wildman–Crippen LogP) is 3.74. The van der Waals surface area contributed by atoms with Gasteiger partial charge in [-0.1, -0.05) is 32.8 Å². The summed E-state index contributed by atoms with van der Waals surface area (Å²) in [5, 5.41) is 3.71. The van der Waals surface area contributed by atoms with Gasteiger partial charge in [-0.25, -0.2) is 4.79 Å². The van der Waals surface area contributed by atoms with Crippen molar-refractivity contribution in [3.8, 4) is 0 Å². The minimum Gasteiger partial charge on any atom is -0.408 e. The van der Waals surface area contributed by atoms with E-state index in [4.69, 9.17) is 4.42 Å². The number of fused-ring (bicyclic) bond motifs is 1. The van der Waals surface area contributed by atoms with Gasteiger partial charge in [0.15, 0.2) is 5.58 Å². The van der Waals surface area contributed by atoms with Gasteiger partial charge in [-0.3, -0.25) is 4.98 Å². The molecule has 3 rings (SSSR count). The lowest BCUT2D eigenvalue weighted by atomic mass is 9.77. The van der Waals surface area contributed by atoms with Gasteiger partial charge in [-0.2, -0.15) is 0 Å². The summed E-state index contributed by atoms with van der Waals surface area (Å²) in [6.07, 6.45) is 6.24. The van der Waals surface area contributed by atoms with Gasteiger partial charge in [-0.15, -0.1) is 0 Å². The summed E-state index contributed by atoms with van der Waals surface area (Å²) in [5.74, 6) is -0.382. The number of hydrogen-bond acceptors (Lipinski definition) is 3. The zero-order valence-electron chi connectivity index (χ0n) is 12.9. The van der Waals surface area contributed by atoms with Crippen LogP contribution in [0.4, 0.5) is 0 Å². The van der Waals surface area contributed by atoms with Gasteiger partial charge in [0.25, 0.3) is 0 Å². The lowest BCUT2D eigenvalue weighted by Crippen LogP contribution is -2.35. The highest BCUT2D eigenvalue weighted by atomic mass is 16.4. The molecule has 1 saturated carbocycles. The maximum Gasteiger partial charge on any atom is 0.417 e. The second-order valence-electron chi connectivity index (χ2n) is 6.52. The third-order valence-electron chi connectivity index (χ3n) is 4.82. The number of oxazole rings is 1. The van der Waals surface area contributed by atoms with Crippen molar-refractivity contribution in [2.75, 3.05) is 6.54 Å². The molecule has 4 nitrogen and oxygen atoms in total. The number of nitrogens with one attached hydrogen (secondary N) is 2. The Balaban J connectivity index is 1.98. The van der Waals surface area contributed by atoms with Crippen LogP contribution >= 0.6 is 0 Å². The molecule has 2 aromatic rings. The molecular formula is C17H24N2O2. The fourth-order valence-corrected chi connectivity index (χ4v) is 3.67. The van der Waals surface area contributed by atoms with Crippen LogP contribution in [0, 0.1) is 5.41 Å². The van der Waals surface area contributed by atoms with Crippen molar-refractivity contribution >= 4 is 11.1 Å². The maximum atomic E-state index is 11.3. The molecule has 0 saturated heterocycles. The molecule has 0 bridgehead atoms. The van der Waals surface area contributed by atoms with Gasteiger partial charge in [0.2, 0.25) is 0 Å². The molecule has 1 aliphatic carbocycles. The molecule has 0 spiro atoms. The average Bonchev–Trinajstić information content (AvgIpc) is 3.04. The van der Waals surface area contributed by atoms with E-state index in [9.17, 15) is 4.79 Å². The van der Waals surface area contributed by atoms with Crippen molar-refractivity contribution in [3.05, 3.63) is 34.3 Å². The fraction of sp³-hybridized carbons (Fsp3) is 0.588. The van der Waals surface area contributed by atoms with E-state index in [1.54, 1.807) is 0 Å². The van der Waals surface area contributed by atoms with E-state index in [0.717, 1.165) is 18.5 Å². The van der Waals surface area contributed by atoms with Gasteiger partial charge in [0.1, 0.15) is 0 Å². The molecule has 4 heteroatoms. The Labute approximate surface area is 124 Å². The highest BCUT2D eigenvalue weighted by molar-refractivity contribution is 5.72. The summed E-state index contributed by atoms with van der Waals surface area (Å²) in [5.41, 5.74) is 2.94. The molecule has 114 valence electrons. The molecule has 1 aromatic carbocycles. The summed E-state index contributed by atoms with van der Waals surface area (Å²) in [4.78, 5) is 14.0. The number of benzene rings is 1. The summed E-state index contributed by atoms with van der Waals surface area (Å²) in [7, 11) is 0. The van der Waals surface area contributed by atoms with Gasteiger partial charge >= 0.3 is 5.76 Å². The Morgan fingerprint density at radius 1 is 1.38 bits per heavy atom. The summed E-state index contributed by atoms with van der Waals surface area (Å²) in [6.45, 7) is 5.58. The second kappa shape index (κ2) is 5.68. The van der Waals surface area contributed by atoms with Crippen molar-refractivity contribution in [1.82, 2.24) is 10.3 Å². The lowest BCUT2D eigenvalue weighted by Gasteiger charge is -2.35. The van der Waals surface area contributed by atoms with Crippen LogP contribution < -0.4 is 11.1 Å². The molecule has 1 atom stereocenters. The molecule has 1 unspecified atom stereocenters. The zero-order chi connectivity index (χ0) is 14.9. The highest BCUT2D eigenvalue weighted by Crippen LogP contribution is 2.47. The Morgan fingerprint density at radius 3 is 2.86 bits per heavy atom. The van der Waals surface area contributed by atoms with Crippen LogP contribution in [0.1, 0.15) is 57.6 Å². The van der Waals surface area contributed by atoms with Crippen LogP contribution in [0.3, 0.4) is 0 Å². The molecule has 1 aliphatic rings. The highest BCUT2D eigenvalue weighted by Gasteiger charge is 2.37. The Bertz CT molecular complexity index is 665. The maximum absolute atomic E-state index is 11.3. The number of rotatable bonds is 5. The quantitative estimate of drug-likeness (QED) is 0.881. The van der Waals surface area contributed by atoms with E-state index >= 15 is 0 Å². The van der Waals surface area contributed by atoms with Gasteiger partial charge in [-0.05, 0) is 48.9 Å². The minimum atomic E-state index is -0.382. The van der Waals surface area contributed by atoms with E-state index in [0.29, 0.717) is 17.0 Å². The van der Waals surface area contributed by atoms with E-state index < -0.39 is 0 Å². The molecule has 2 N–H and O–H groups in total. The van der Waals surface area contributed by atoms with Crippen molar-refractivity contribution in [1.29, 1.82) is 0 Å².